The summed E-state index contributed by atoms with van der Waals surface area (Å²) in [5.74, 6) is 1.82. The third-order valence-corrected chi connectivity index (χ3v) is 2.92. The van der Waals surface area contributed by atoms with Gasteiger partial charge in [-0.3, -0.25) is 0 Å². The molecule has 0 aliphatic carbocycles. The molecule has 0 radical (unpaired) electrons. The fourth-order valence-electron chi connectivity index (χ4n) is 0.912. The molecule has 1 unspecified atom stereocenters. The maximum atomic E-state index is 5.34. The number of rotatable bonds is 1. The van der Waals surface area contributed by atoms with E-state index in [0.717, 1.165) is 12.4 Å². The van der Waals surface area contributed by atoms with Crippen molar-refractivity contribution in [3.8, 4) is 0 Å². The number of hydrogen-bond donors (Lipinski definition) is 0. The van der Waals surface area contributed by atoms with E-state index >= 15 is 0 Å². The monoisotopic (exact) mass is 238 g/mol. The summed E-state index contributed by atoms with van der Waals surface area (Å²) in [5.41, 5.74) is 1.43. The van der Waals surface area contributed by atoms with E-state index in [0.29, 0.717) is 5.92 Å². The standard InChI is InChI=1S/C7H11IO/c1-5-6(2)9-4-7(5)3-8/h7H,3-4H2,1-2H3. The molecule has 0 bridgehead atoms. The zero-order valence-electron chi connectivity index (χ0n) is 5.78. The summed E-state index contributed by atoms with van der Waals surface area (Å²) >= 11 is 2.40. The highest BCUT2D eigenvalue weighted by Gasteiger charge is 2.19. The van der Waals surface area contributed by atoms with Crippen LogP contribution in [0.15, 0.2) is 11.3 Å². The van der Waals surface area contributed by atoms with Gasteiger partial charge in [0.25, 0.3) is 0 Å². The van der Waals surface area contributed by atoms with Crippen molar-refractivity contribution in [2.75, 3.05) is 11.0 Å². The highest BCUT2D eigenvalue weighted by Crippen LogP contribution is 2.25. The van der Waals surface area contributed by atoms with Crippen LogP contribution in [-0.2, 0) is 4.74 Å². The van der Waals surface area contributed by atoms with Crippen molar-refractivity contribution in [3.05, 3.63) is 11.3 Å². The Labute approximate surface area is 69.6 Å². The minimum Gasteiger partial charge on any atom is -0.498 e. The highest BCUT2D eigenvalue weighted by atomic mass is 127. The second-order valence-electron chi connectivity index (χ2n) is 2.40. The lowest BCUT2D eigenvalue weighted by atomic mass is 10.1. The van der Waals surface area contributed by atoms with Crippen LogP contribution in [0.3, 0.4) is 0 Å². The first-order valence-electron chi connectivity index (χ1n) is 3.12. The highest BCUT2D eigenvalue weighted by molar-refractivity contribution is 14.1. The van der Waals surface area contributed by atoms with Gasteiger partial charge in [0.05, 0.1) is 12.4 Å². The van der Waals surface area contributed by atoms with E-state index in [1.807, 2.05) is 6.92 Å². The van der Waals surface area contributed by atoms with Crippen LogP contribution in [0, 0.1) is 5.92 Å². The summed E-state index contributed by atoms with van der Waals surface area (Å²) in [7, 11) is 0. The Bertz CT molecular complexity index is 140. The lowest BCUT2D eigenvalue weighted by Gasteiger charge is -2.01. The Morgan fingerprint density at radius 2 is 2.33 bits per heavy atom. The summed E-state index contributed by atoms with van der Waals surface area (Å²) in [5, 5.41) is 0. The molecule has 1 aliphatic rings. The molecule has 0 amide bonds. The second-order valence-corrected chi connectivity index (χ2v) is 3.28. The lowest BCUT2D eigenvalue weighted by molar-refractivity contribution is 0.227. The van der Waals surface area contributed by atoms with Gasteiger partial charge in [-0.05, 0) is 19.4 Å². The van der Waals surface area contributed by atoms with E-state index in [1.54, 1.807) is 0 Å². The first-order valence-corrected chi connectivity index (χ1v) is 4.64. The van der Waals surface area contributed by atoms with Crippen LogP contribution in [0.25, 0.3) is 0 Å². The molecule has 0 saturated heterocycles. The molecule has 0 saturated carbocycles. The zero-order chi connectivity index (χ0) is 6.85. The normalized spacial score (nSPS) is 26.8. The van der Waals surface area contributed by atoms with Crippen molar-refractivity contribution in [2.24, 2.45) is 5.92 Å². The Morgan fingerprint density at radius 3 is 2.56 bits per heavy atom. The molecule has 0 N–H and O–H groups in total. The average molecular weight is 238 g/mol. The van der Waals surface area contributed by atoms with Crippen molar-refractivity contribution in [1.82, 2.24) is 0 Å². The molecule has 1 rings (SSSR count). The van der Waals surface area contributed by atoms with E-state index in [4.69, 9.17) is 4.74 Å². The molecule has 0 aromatic carbocycles. The molecule has 9 heavy (non-hydrogen) atoms. The Kier molecular flexibility index (Phi) is 2.38. The molecular weight excluding hydrogens is 227 g/mol. The summed E-state index contributed by atoms with van der Waals surface area (Å²) in [6.45, 7) is 5.11. The maximum absolute atomic E-state index is 5.34. The minimum atomic E-state index is 0.686. The molecule has 0 aromatic heterocycles. The third-order valence-electron chi connectivity index (χ3n) is 1.85. The van der Waals surface area contributed by atoms with Gasteiger partial charge in [0, 0.05) is 10.3 Å². The van der Waals surface area contributed by atoms with Crippen LogP contribution in [-0.4, -0.2) is 11.0 Å². The van der Waals surface area contributed by atoms with Crippen molar-refractivity contribution in [3.63, 3.8) is 0 Å². The predicted molar refractivity (Wildman–Crippen MR) is 46.7 cm³/mol. The fourth-order valence-corrected chi connectivity index (χ4v) is 1.83. The lowest BCUT2D eigenvalue weighted by Crippen LogP contribution is -2.02. The number of allylic oxidation sites excluding steroid dienone is 1. The van der Waals surface area contributed by atoms with E-state index in [1.165, 1.54) is 10.0 Å². The summed E-state index contributed by atoms with van der Waals surface area (Å²) in [6, 6.07) is 0. The van der Waals surface area contributed by atoms with Gasteiger partial charge >= 0.3 is 0 Å². The number of alkyl halides is 1. The van der Waals surface area contributed by atoms with Crippen molar-refractivity contribution in [1.29, 1.82) is 0 Å². The van der Waals surface area contributed by atoms with Crippen molar-refractivity contribution in [2.45, 2.75) is 13.8 Å². The second kappa shape index (κ2) is 2.90. The molecule has 52 valence electrons. The molecule has 2 heteroatoms. The molecule has 1 heterocycles. The molecule has 1 nitrogen and oxygen atoms in total. The quantitative estimate of drug-likeness (QED) is 0.503. The van der Waals surface area contributed by atoms with E-state index in [-0.39, 0.29) is 0 Å². The first kappa shape index (κ1) is 7.38. The average Bonchev–Trinajstić information content (AvgIpc) is 2.15. The molecule has 0 spiro atoms. The van der Waals surface area contributed by atoms with Crippen LogP contribution in [0.1, 0.15) is 13.8 Å². The summed E-state index contributed by atoms with van der Waals surface area (Å²) in [6.07, 6.45) is 0. The van der Waals surface area contributed by atoms with E-state index in [9.17, 15) is 0 Å². The molecule has 0 aromatic rings. The Morgan fingerprint density at radius 1 is 1.67 bits per heavy atom. The van der Waals surface area contributed by atoms with Gasteiger partial charge < -0.3 is 4.74 Å². The number of hydrogen-bond acceptors (Lipinski definition) is 1. The topological polar surface area (TPSA) is 9.23 Å². The molecule has 0 fully saturated rings. The number of ether oxygens (including phenoxy) is 1. The predicted octanol–water partition coefficient (Wildman–Crippen LogP) is 2.36. The Balaban J connectivity index is 2.63. The SMILES string of the molecule is CC1=C(C)C(CI)CO1. The zero-order valence-corrected chi connectivity index (χ0v) is 7.94. The van der Waals surface area contributed by atoms with E-state index in [2.05, 4.69) is 29.5 Å². The largest absolute Gasteiger partial charge is 0.498 e. The Hall–Kier alpha value is 0.270. The van der Waals surface area contributed by atoms with Gasteiger partial charge in [-0.25, -0.2) is 0 Å². The van der Waals surface area contributed by atoms with E-state index < -0.39 is 0 Å². The van der Waals surface area contributed by atoms with Crippen molar-refractivity contribution < 1.29 is 4.74 Å². The molecule has 1 atom stereocenters. The van der Waals surface area contributed by atoms with Crippen LogP contribution in [0.5, 0.6) is 0 Å². The van der Waals surface area contributed by atoms with Gasteiger partial charge in [0.2, 0.25) is 0 Å². The van der Waals surface area contributed by atoms with Crippen LogP contribution < -0.4 is 0 Å². The fraction of sp³-hybridized carbons (Fsp3) is 0.714. The third kappa shape index (κ3) is 1.39. The van der Waals surface area contributed by atoms with Crippen LogP contribution in [0.4, 0.5) is 0 Å². The van der Waals surface area contributed by atoms with Gasteiger partial charge in [-0.2, -0.15) is 0 Å². The van der Waals surface area contributed by atoms with Crippen LogP contribution in [0.2, 0.25) is 0 Å². The number of halogens is 1. The van der Waals surface area contributed by atoms with Gasteiger partial charge in [-0.1, -0.05) is 22.6 Å². The van der Waals surface area contributed by atoms with Crippen molar-refractivity contribution >= 4 is 22.6 Å². The summed E-state index contributed by atoms with van der Waals surface area (Å²) in [4.78, 5) is 0. The van der Waals surface area contributed by atoms with Gasteiger partial charge in [-0.15, -0.1) is 0 Å². The van der Waals surface area contributed by atoms with Crippen LogP contribution >= 0.6 is 22.6 Å². The summed E-state index contributed by atoms with van der Waals surface area (Å²) < 4.78 is 6.52. The molecule has 1 aliphatic heterocycles. The minimum absolute atomic E-state index is 0.686. The molecular formula is C7H11IO. The smallest absolute Gasteiger partial charge is 0.0951 e. The first-order chi connectivity index (χ1) is 4.25. The van der Waals surface area contributed by atoms with Gasteiger partial charge in [0.15, 0.2) is 0 Å². The maximum Gasteiger partial charge on any atom is 0.0951 e. The van der Waals surface area contributed by atoms with Gasteiger partial charge in [0.1, 0.15) is 0 Å².